The summed E-state index contributed by atoms with van der Waals surface area (Å²) in [6.45, 7) is 0.0204. The van der Waals surface area contributed by atoms with Gasteiger partial charge in [-0.15, -0.1) is 0 Å². The molecule has 12 heteroatoms. The van der Waals surface area contributed by atoms with Gasteiger partial charge in [0.25, 0.3) is 11.8 Å². The second kappa shape index (κ2) is 11.7. The third kappa shape index (κ3) is 5.88. The first-order chi connectivity index (χ1) is 19.3. The van der Waals surface area contributed by atoms with Crippen molar-refractivity contribution in [2.75, 3.05) is 17.7 Å². The van der Waals surface area contributed by atoms with Gasteiger partial charge in [0.1, 0.15) is 17.6 Å². The number of nitrogens with one attached hydrogen (secondary N) is 2. The van der Waals surface area contributed by atoms with Crippen molar-refractivity contribution in [3.63, 3.8) is 0 Å². The second-order valence-corrected chi connectivity index (χ2v) is 9.71. The highest BCUT2D eigenvalue weighted by molar-refractivity contribution is 6.34. The van der Waals surface area contributed by atoms with Gasteiger partial charge in [-0.3, -0.25) is 19.4 Å². The summed E-state index contributed by atoms with van der Waals surface area (Å²) in [5, 5.41) is 5.91. The van der Waals surface area contributed by atoms with E-state index in [4.69, 9.17) is 27.9 Å². The Kier molecular flexibility index (Phi) is 7.90. The fraction of sp³-hybridized carbons (Fsp3) is 0.143. The summed E-state index contributed by atoms with van der Waals surface area (Å²) in [4.78, 5) is 54.0. The van der Waals surface area contributed by atoms with Gasteiger partial charge in [0.05, 0.1) is 28.4 Å². The molecule has 0 bridgehead atoms. The van der Waals surface area contributed by atoms with E-state index in [2.05, 4.69) is 25.6 Å². The van der Waals surface area contributed by atoms with Crippen LogP contribution in [-0.4, -0.2) is 50.7 Å². The van der Waals surface area contributed by atoms with Crippen LogP contribution in [0, 0.1) is 0 Å². The maximum Gasteiger partial charge on any atom is 0.275 e. The van der Waals surface area contributed by atoms with Crippen LogP contribution in [0.25, 0.3) is 0 Å². The van der Waals surface area contributed by atoms with E-state index in [1.807, 2.05) is 6.07 Å². The molecule has 0 unspecified atom stereocenters. The first-order valence-corrected chi connectivity index (χ1v) is 12.8. The lowest BCUT2D eigenvalue weighted by Crippen LogP contribution is -2.46. The summed E-state index contributed by atoms with van der Waals surface area (Å²) in [5.41, 5.74) is 1.74. The fourth-order valence-electron chi connectivity index (χ4n) is 4.27. The van der Waals surface area contributed by atoms with Crippen LogP contribution in [0.4, 0.5) is 11.5 Å². The van der Waals surface area contributed by atoms with E-state index < -0.39 is 23.8 Å². The lowest BCUT2D eigenvalue weighted by Gasteiger charge is -2.28. The number of benzene rings is 1. The van der Waals surface area contributed by atoms with Gasteiger partial charge < -0.3 is 20.3 Å². The summed E-state index contributed by atoms with van der Waals surface area (Å²) in [6.07, 6.45) is 4.65. The van der Waals surface area contributed by atoms with E-state index >= 15 is 0 Å². The van der Waals surface area contributed by atoms with Crippen molar-refractivity contribution in [1.82, 2.24) is 19.9 Å². The number of amides is 3. The Bertz CT molecular complexity index is 1600. The summed E-state index contributed by atoms with van der Waals surface area (Å²) >= 11 is 12.6. The van der Waals surface area contributed by atoms with E-state index in [1.165, 1.54) is 30.5 Å². The van der Waals surface area contributed by atoms with Gasteiger partial charge in [-0.2, -0.15) is 0 Å². The van der Waals surface area contributed by atoms with Crippen LogP contribution < -0.4 is 15.4 Å². The molecule has 0 saturated heterocycles. The number of hydrogen-bond acceptors (Lipinski definition) is 7. The van der Waals surface area contributed by atoms with Crippen LogP contribution >= 0.6 is 23.2 Å². The molecule has 10 nitrogen and oxygen atoms in total. The number of carbonyl (C=O) groups excluding carboxylic acids is 3. The fourth-order valence-corrected chi connectivity index (χ4v) is 4.72. The number of nitrogens with zero attached hydrogens (tertiary/aromatic N) is 4. The number of hydrogen-bond donors (Lipinski definition) is 2. The average Bonchev–Trinajstić information content (AvgIpc) is 3.03. The largest absolute Gasteiger partial charge is 0.497 e. The van der Waals surface area contributed by atoms with E-state index in [0.717, 1.165) is 0 Å². The molecule has 1 aliphatic rings. The first kappa shape index (κ1) is 27.0. The van der Waals surface area contributed by atoms with Crippen molar-refractivity contribution in [3.8, 4) is 5.75 Å². The summed E-state index contributed by atoms with van der Waals surface area (Å²) < 4.78 is 5.16. The van der Waals surface area contributed by atoms with Crippen LogP contribution in [0.3, 0.4) is 0 Å². The molecule has 1 atom stereocenters. The van der Waals surface area contributed by atoms with Crippen molar-refractivity contribution < 1.29 is 19.1 Å². The van der Waals surface area contributed by atoms with Crippen molar-refractivity contribution >= 4 is 52.4 Å². The lowest BCUT2D eigenvalue weighted by atomic mass is 10.1. The van der Waals surface area contributed by atoms with Crippen LogP contribution in [0.2, 0.25) is 10.0 Å². The molecule has 4 aromatic rings. The van der Waals surface area contributed by atoms with Crippen LogP contribution in [-0.2, 0) is 17.8 Å². The minimum Gasteiger partial charge on any atom is -0.497 e. The molecule has 2 N–H and O–H groups in total. The maximum absolute atomic E-state index is 13.7. The predicted molar refractivity (Wildman–Crippen MR) is 150 cm³/mol. The molecule has 4 heterocycles. The Hall–Kier alpha value is -4.54. The highest BCUT2D eigenvalue weighted by Gasteiger charge is 2.37. The number of methoxy groups -OCH3 is 1. The SMILES string of the molecule is COc1ccnc(NC(=O)c2ccc(CN3C(=O)c4ncc(Cl)cc4NC(=O)[C@H]3Cc3ccccn3)cc2Cl)c1. The standard InChI is InChI=1S/C28H22Cl2N6O4/c1-40-19-7-9-32-24(13-19)35-26(37)20-6-5-16(10-21(20)30)15-36-23(12-18-4-2-3-8-31-18)27(38)34-22-11-17(29)14-33-25(22)28(36)39/h2-11,13-14,23H,12,15H2,1H3,(H,34,38)(H,32,35,37)/t23-/m1/s1. The van der Waals surface area contributed by atoms with Gasteiger partial charge >= 0.3 is 0 Å². The zero-order valence-corrected chi connectivity index (χ0v) is 22.6. The number of fused-ring (bicyclic) bond motifs is 1. The molecule has 3 amide bonds. The smallest absolute Gasteiger partial charge is 0.275 e. The lowest BCUT2D eigenvalue weighted by molar-refractivity contribution is -0.120. The Morgan fingerprint density at radius 2 is 1.90 bits per heavy atom. The maximum atomic E-state index is 13.7. The molecule has 1 aliphatic heterocycles. The number of halogens is 2. The third-order valence-electron chi connectivity index (χ3n) is 6.22. The number of ether oxygens (including phenoxy) is 1. The van der Waals surface area contributed by atoms with Crippen molar-refractivity contribution in [1.29, 1.82) is 0 Å². The monoisotopic (exact) mass is 576 g/mol. The van der Waals surface area contributed by atoms with Gasteiger partial charge in [0, 0.05) is 43.3 Å². The molecule has 0 saturated carbocycles. The number of carbonyl (C=O) groups is 3. The van der Waals surface area contributed by atoms with Gasteiger partial charge in [0.2, 0.25) is 5.91 Å². The highest BCUT2D eigenvalue weighted by atomic mass is 35.5. The van der Waals surface area contributed by atoms with Crippen LogP contribution in [0.1, 0.15) is 32.1 Å². The summed E-state index contributed by atoms with van der Waals surface area (Å²) in [5.74, 6) is -0.501. The molecule has 0 radical (unpaired) electrons. The normalized spacial score (nSPS) is 14.7. The van der Waals surface area contributed by atoms with E-state index in [0.29, 0.717) is 22.8 Å². The zero-order chi connectivity index (χ0) is 28.2. The Morgan fingerprint density at radius 1 is 1.05 bits per heavy atom. The molecular formula is C28H22Cl2N6O4. The van der Waals surface area contributed by atoms with Crippen molar-refractivity contribution in [2.45, 2.75) is 19.0 Å². The summed E-state index contributed by atoms with van der Waals surface area (Å²) in [7, 11) is 1.51. The molecule has 0 spiro atoms. The number of aromatic nitrogens is 3. The Labute approximate surface area is 239 Å². The van der Waals surface area contributed by atoms with Gasteiger partial charge in [0.15, 0.2) is 5.69 Å². The molecule has 3 aromatic heterocycles. The highest BCUT2D eigenvalue weighted by Crippen LogP contribution is 2.28. The quantitative estimate of drug-likeness (QED) is 0.328. The first-order valence-electron chi connectivity index (χ1n) is 12.1. The minimum absolute atomic E-state index is 0.0204. The second-order valence-electron chi connectivity index (χ2n) is 8.86. The number of anilines is 2. The minimum atomic E-state index is -0.906. The van der Waals surface area contributed by atoms with Gasteiger partial charge in [-0.05, 0) is 42.0 Å². The van der Waals surface area contributed by atoms with E-state index in [-0.39, 0.29) is 40.0 Å². The molecule has 0 aliphatic carbocycles. The number of pyridine rings is 3. The number of rotatable bonds is 7. The summed E-state index contributed by atoms with van der Waals surface area (Å²) in [6, 6.07) is 14.0. The molecule has 5 rings (SSSR count). The molecule has 0 fully saturated rings. The molecular weight excluding hydrogens is 555 g/mol. The molecule has 1 aromatic carbocycles. The van der Waals surface area contributed by atoms with Gasteiger partial charge in [-0.1, -0.05) is 35.3 Å². The molecule has 40 heavy (non-hydrogen) atoms. The van der Waals surface area contributed by atoms with Crippen LogP contribution in [0.5, 0.6) is 5.75 Å². The zero-order valence-electron chi connectivity index (χ0n) is 21.1. The van der Waals surface area contributed by atoms with Gasteiger partial charge in [-0.25, -0.2) is 9.97 Å². The average molecular weight is 577 g/mol. The van der Waals surface area contributed by atoms with E-state index in [9.17, 15) is 14.4 Å². The third-order valence-corrected chi connectivity index (χ3v) is 6.74. The molecule has 202 valence electrons. The van der Waals surface area contributed by atoms with E-state index in [1.54, 1.807) is 48.7 Å². The topological polar surface area (TPSA) is 126 Å². The van der Waals surface area contributed by atoms with Crippen molar-refractivity contribution in [3.05, 3.63) is 106 Å². The van der Waals surface area contributed by atoms with Crippen LogP contribution in [0.15, 0.2) is 73.2 Å². The Morgan fingerprint density at radius 3 is 2.65 bits per heavy atom. The predicted octanol–water partition coefficient (Wildman–Crippen LogP) is 4.65. The Balaban J connectivity index is 1.43. The van der Waals surface area contributed by atoms with Crippen molar-refractivity contribution in [2.24, 2.45) is 0 Å².